The molecule has 0 aromatic heterocycles. The molecule has 37 heavy (non-hydrogen) atoms. The summed E-state index contributed by atoms with van der Waals surface area (Å²) >= 11 is 7.01. The van der Waals surface area contributed by atoms with Crippen LogP contribution >= 0.6 is 34.8 Å². The first kappa shape index (κ1) is 27.8. The van der Waals surface area contributed by atoms with Crippen LogP contribution in [0.1, 0.15) is 31.0 Å². The summed E-state index contributed by atoms with van der Waals surface area (Å²) < 4.78 is 11.2. The highest BCUT2D eigenvalue weighted by molar-refractivity contribution is 14.1. The van der Waals surface area contributed by atoms with Crippen LogP contribution in [0.2, 0.25) is 0 Å². The summed E-state index contributed by atoms with van der Waals surface area (Å²) in [6, 6.07) is 8.80. The van der Waals surface area contributed by atoms with Crippen molar-refractivity contribution in [2.75, 3.05) is 13.2 Å². The molecule has 1 aliphatic rings. The van der Waals surface area contributed by atoms with Gasteiger partial charge in [0.2, 0.25) is 5.75 Å². The van der Waals surface area contributed by atoms with E-state index in [2.05, 4.69) is 21.2 Å². The van der Waals surface area contributed by atoms with Crippen molar-refractivity contribution in [3.8, 4) is 11.5 Å². The molecule has 1 amide bonds. The van der Waals surface area contributed by atoms with Crippen molar-refractivity contribution in [3.63, 3.8) is 0 Å². The number of nitro groups is 1. The van der Waals surface area contributed by atoms with Gasteiger partial charge in [0.1, 0.15) is 5.75 Å². The Balaban J connectivity index is 1.72. The van der Waals surface area contributed by atoms with Crippen molar-refractivity contribution < 1.29 is 29.1 Å². The fourth-order valence-corrected chi connectivity index (χ4v) is 4.34. The number of halogens is 1. The highest BCUT2D eigenvalue weighted by atomic mass is 127. The monoisotopic (exact) mass is 639 g/mol. The molecule has 194 valence electrons. The molecule has 0 bridgehead atoms. The van der Waals surface area contributed by atoms with E-state index in [4.69, 9.17) is 21.7 Å². The summed E-state index contributed by atoms with van der Waals surface area (Å²) in [5.41, 5.74) is 3.55. The number of carbonyl (C=O) groups excluding carboxylic acids is 2. The second-order valence-corrected chi connectivity index (χ2v) is 9.11. The Morgan fingerprint density at radius 2 is 2.08 bits per heavy atom. The zero-order chi connectivity index (χ0) is 27.1. The first-order chi connectivity index (χ1) is 17.6. The van der Waals surface area contributed by atoms with Crippen LogP contribution in [0.15, 0.2) is 52.8 Å². The van der Waals surface area contributed by atoms with Gasteiger partial charge in [-0.15, -0.1) is 0 Å². The van der Waals surface area contributed by atoms with Gasteiger partial charge in [0, 0.05) is 22.9 Å². The molecule has 0 unspecified atom stereocenters. The lowest BCUT2D eigenvalue weighted by atomic mass is 9.95. The van der Waals surface area contributed by atoms with E-state index in [0.717, 1.165) is 6.07 Å². The summed E-state index contributed by atoms with van der Waals surface area (Å²) in [4.78, 5) is 35.3. The molecule has 1 atom stereocenters. The minimum atomic E-state index is -0.716. The van der Waals surface area contributed by atoms with Gasteiger partial charge in [0.05, 0.1) is 32.9 Å². The lowest BCUT2D eigenvalue weighted by Gasteiger charge is -2.30. The molecule has 0 aliphatic carbocycles. The number of amides is 1. The number of hydrogen-bond acceptors (Lipinski definition) is 9. The molecule has 4 N–H and O–H groups in total. The number of nitrogens with one attached hydrogen (secondary N) is 3. The molecule has 0 radical (unpaired) electrons. The lowest BCUT2D eigenvalue weighted by Crippen LogP contribution is -2.45. The van der Waals surface area contributed by atoms with E-state index < -0.39 is 40.9 Å². The summed E-state index contributed by atoms with van der Waals surface area (Å²) in [5, 5.41) is 30.9. The Kier molecular flexibility index (Phi) is 9.35. The van der Waals surface area contributed by atoms with Gasteiger partial charge in [-0.05, 0) is 60.8 Å². The lowest BCUT2D eigenvalue weighted by molar-refractivity contribution is -0.386. The van der Waals surface area contributed by atoms with Crippen LogP contribution in [0.4, 0.5) is 5.69 Å². The van der Waals surface area contributed by atoms with E-state index in [9.17, 15) is 24.8 Å². The summed E-state index contributed by atoms with van der Waals surface area (Å²) in [6.45, 7) is 3.21. The molecule has 3 rings (SSSR count). The molecule has 0 saturated carbocycles. The minimum absolute atomic E-state index is 0.197. The normalized spacial score (nSPS) is 15.1. The smallest absolute Gasteiger partial charge is 0.338 e. The van der Waals surface area contributed by atoms with Crippen molar-refractivity contribution in [1.82, 2.24) is 16.1 Å². The largest absolute Gasteiger partial charge is 0.501 e. The number of para-hydroxylation sites is 1. The van der Waals surface area contributed by atoms with Gasteiger partial charge in [-0.3, -0.25) is 14.9 Å². The van der Waals surface area contributed by atoms with Crippen molar-refractivity contribution in [3.05, 3.63) is 72.5 Å². The highest BCUT2D eigenvalue weighted by Crippen LogP contribution is 2.34. The number of rotatable bonds is 9. The average Bonchev–Trinajstić information content (AvgIpc) is 2.84. The van der Waals surface area contributed by atoms with Crippen molar-refractivity contribution in [1.29, 1.82) is 0 Å². The first-order valence-corrected chi connectivity index (χ1v) is 12.3. The zero-order valence-corrected chi connectivity index (χ0v) is 22.6. The molecular weight excluding hydrogens is 617 g/mol. The highest BCUT2D eigenvalue weighted by Gasteiger charge is 2.32. The minimum Gasteiger partial charge on any atom is -0.501 e. The molecule has 1 heterocycles. The number of ether oxygens (including phenoxy) is 2. The number of thiocarbonyl (C=S) groups is 1. The number of aromatic hydroxyl groups is 1. The third kappa shape index (κ3) is 6.91. The maximum absolute atomic E-state index is 12.6. The van der Waals surface area contributed by atoms with Gasteiger partial charge >= 0.3 is 11.7 Å². The number of hydrogen-bond donors (Lipinski definition) is 4. The fraction of sp³-hybridized carbons (Fsp3) is 0.217. The standard InChI is InChI=1S/C23H22IN5O7S/c1-3-35-22(32)19-12(2)26-23(37)27-20(19)14-6-4-5-7-17(14)36-11-18(30)28-25-10-13-8-15(24)21(31)16(9-13)29(33)34/h4-10,20,31H,3,11H2,1-2H3,(H,28,30)(H2,26,27,37)/t20-/m1/s1. The third-order valence-corrected chi connectivity index (χ3v) is 6.06. The summed E-state index contributed by atoms with van der Waals surface area (Å²) in [7, 11) is 0. The molecule has 0 spiro atoms. The first-order valence-electron chi connectivity index (χ1n) is 10.8. The van der Waals surface area contributed by atoms with Gasteiger partial charge in [0.25, 0.3) is 5.91 Å². The maximum atomic E-state index is 12.6. The molecule has 0 saturated heterocycles. The van der Waals surface area contributed by atoms with Gasteiger partial charge in [0.15, 0.2) is 11.7 Å². The van der Waals surface area contributed by atoms with E-state index in [1.54, 1.807) is 60.7 Å². The van der Waals surface area contributed by atoms with E-state index in [-0.39, 0.29) is 10.2 Å². The maximum Gasteiger partial charge on any atom is 0.338 e. The van der Waals surface area contributed by atoms with Crippen molar-refractivity contribution >= 4 is 63.7 Å². The molecular formula is C23H22IN5O7S. The number of nitro benzene ring substituents is 1. The number of hydrazone groups is 1. The SMILES string of the molecule is CCOC(=O)C1=C(C)NC(=S)N[C@@H]1c1ccccc1OCC(=O)NN=Cc1cc(I)c(O)c([N+](=O)[O-])c1. The number of nitrogens with zero attached hydrogens (tertiary/aromatic N) is 2. The van der Waals surface area contributed by atoms with Crippen molar-refractivity contribution in [2.45, 2.75) is 19.9 Å². The second kappa shape index (κ2) is 12.4. The molecule has 12 nitrogen and oxygen atoms in total. The van der Waals surface area contributed by atoms with Crippen LogP contribution in [0.5, 0.6) is 11.5 Å². The molecule has 0 fully saturated rings. The number of esters is 1. The second-order valence-electron chi connectivity index (χ2n) is 7.54. The fourth-order valence-electron chi connectivity index (χ4n) is 3.43. The predicted octanol–water partition coefficient (Wildman–Crippen LogP) is 2.79. The molecule has 2 aromatic carbocycles. The van der Waals surface area contributed by atoms with Gasteiger partial charge < -0.3 is 25.2 Å². The van der Waals surface area contributed by atoms with E-state index in [1.807, 2.05) is 0 Å². The van der Waals surface area contributed by atoms with Crippen LogP contribution in [0.25, 0.3) is 0 Å². The summed E-state index contributed by atoms with van der Waals surface area (Å²) in [6.07, 6.45) is 1.21. The number of carbonyl (C=O) groups is 2. The number of phenolic OH excluding ortho intramolecular Hbond substituents is 1. The van der Waals surface area contributed by atoms with Crippen molar-refractivity contribution in [2.24, 2.45) is 5.10 Å². The van der Waals surface area contributed by atoms with Crippen LogP contribution in [-0.4, -0.2) is 46.4 Å². The predicted molar refractivity (Wildman–Crippen MR) is 146 cm³/mol. The Bertz CT molecular complexity index is 1310. The van der Waals surface area contributed by atoms with E-state index in [0.29, 0.717) is 33.3 Å². The quantitative estimate of drug-likeness (QED) is 0.0801. The number of phenols is 1. The number of allylic oxidation sites excluding steroid dienone is 1. The Hall–Kier alpha value is -3.79. The Labute approximate surface area is 230 Å². The van der Waals surface area contributed by atoms with E-state index >= 15 is 0 Å². The molecule has 1 aliphatic heterocycles. The van der Waals surface area contributed by atoms with E-state index in [1.165, 1.54) is 12.3 Å². The third-order valence-electron chi connectivity index (χ3n) is 5.02. The van der Waals surface area contributed by atoms with Crippen LogP contribution in [0, 0.1) is 13.7 Å². The Morgan fingerprint density at radius 1 is 1.35 bits per heavy atom. The van der Waals surface area contributed by atoms with Crippen LogP contribution in [-0.2, 0) is 14.3 Å². The van der Waals surface area contributed by atoms with Gasteiger partial charge in [-0.25, -0.2) is 10.2 Å². The Morgan fingerprint density at radius 3 is 2.78 bits per heavy atom. The van der Waals surface area contributed by atoms with Gasteiger partial charge in [-0.2, -0.15) is 5.10 Å². The van der Waals surface area contributed by atoms with Gasteiger partial charge in [-0.1, -0.05) is 18.2 Å². The topological polar surface area (TPSA) is 164 Å². The van der Waals surface area contributed by atoms with Crippen LogP contribution < -0.4 is 20.8 Å². The zero-order valence-electron chi connectivity index (χ0n) is 19.6. The number of benzene rings is 2. The summed E-state index contributed by atoms with van der Waals surface area (Å²) in [5.74, 6) is -1.22. The molecule has 14 heteroatoms. The average molecular weight is 639 g/mol. The van der Waals surface area contributed by atoms with Crippen LogP contribution in [0.3, 0.4) is 0 Å². The molecule has 2 aromatic rings.